The molecule has 4 atom stereocenters. The molecule has 1 aliphatic rings. The van der Waals surface area contributed by atoms with Crippen molar-refractivity contribution in [3.8, 4) is 22.6 Å². The number of benzene rings is 5. The molecule has 0 aromatic heterocycles. The minimum absolute atomic E-state index is 0.0695. The zero-order valence-electron chi connectivity index (χ0n) is 54.0. The zero-order chi connectivity index (χ0) is 69.2. The van der Waals surface area contributed by atoms with Gasteiger partial charge in [-0.15, -0.1) is 0 Å². The molecule has 0 aliphatic carbocycles. The van der Waals surface area contributed by atoms with E-state index in [4.69, 9.17) is 16.2 Å². The van der Waals surface area contributed by atoms with Gasteiger partial charge in [0.25, 0.3) is 0 Å². The Labute approximate surface area is 558 Å². The number of carbonyl (C=O) groups is 9. The fourth-order valence-electron chi connectivity index (χ4n) is 10.6. The predicted octanol–water partition coefficient (Wildman–Crippen LogP) is 1.33. The number of phenols is 1. The molecule has 96 heavy (non-hydrogen) atoms. The molecular formula is C68H90N14O14. The number of nitrogens with two attached hydrogens (primary N) is 2. The number of aromatic hydroxyl groups is 1. The Balaban J connectivity index is 1.09. The van der Waals surface area contributed by atoms with Gasteiger partial charge in [0.2, 0.25) is 29.5 Å². The van der Waals surface area contributed by atoms with Crippen molar-refractivity contribution < 1.29 is 68.3 Å². The summed E-state index contributed by atoms with van der Waals surface area (Å²) in [6.07, 6.45) is 1.52. The van der Waals surface area contributed by atoms with E-state index >= 15 is 0 Å². The number of carboxylic acids is 3. The average Bonchev–Trinajstić information content (AvgIpc) is 0.877. The molecule has 1 fully saturated rings. The number of carbonyl (C=O) groups excluding carboxylic acids is 6. The lowest BCUT2D eigenvalue weighted by molar-refractivity contribution is -0.140. The summed E-state index contributed by atoms with van der Waals surface area (Å²) in [6.45, 7) is 2.66. The third-order valence-electron chi connectivity index (χ3n) is 15.7. The van der Waals surface area contributed by atoms with Crippen LogP contribution < -0.4 is 53.4 Å². The van der Waals surface area contributed by atoms with E-state index in [1.165, 1.54) is 12.1 Å². The third-order valence-corrected chi connectivity index (χ3v) is 15.7. The molecule has 1 heterocycles. The third kappa shape index (κ3) is 27.1. The number of carboxylic acid groups (broad SMARTS) is 3. The molecule has 15 N–H and O–H groups in total. The summed E-state index contributed by atoms with van der Waals surface area (Å²) in [6, 6.07) is 35.7. The fourth-order valence-corrected chi connectivity index (χ4v) is 10.6. The van der Waals surface area contributed by atoms with E-state index in [2.05, 4.69) is 42.2 Å². The first-order chi connectivity index (χ1) is 46.2. The van der Waals surface area contributed by atoms with Crippen molar-refractivity contribution in [3.05, 3.63) is 156 Å². The van der Waals surface area contributed by atoms with Crippen LogP contribution in [-0.4, -0.2) is 229 Å². The Morgan fingerprint density at radius 3 is 1.61 bits per heavy atom. The molecule has 0 bridgehead atoms. The van der Waals surface area contributed by atoms with E-state index in [0.717, 1.165) is 22.3 Å². The molecule has 6 rings (SSSR count). The number of hydrogen-bond donors (Lipinski definition) is 13. The molecular weight excluding hydrogens is 1240 g/mol. The fraction of sp³-hybridized carbons (Fsp3) is 0.412. The van der Waals surface area contributed by atoms with Crippen LogP contribution in [0.3, 0.4) is 0 Å². The molecule has 5 aromatic rings. The summed E-state index contributed by atoms with van der Waals surface area (Å²) in [5, 5.41) is 58.4. The highest BCUT2D eigenvalue weighted by atomic mass is 16.5. The molecule has 0 spiro atoms. The first-order valence-corrected chi connectivity index (χ1v) is 32.0. The number of guanidine groups is 1. The van der Waals surface area contributed by atoms with E-state index in [-0.39, 0.29) is 136 Å². The Kier molecular flexibility index (Phi) is 31.5. The molecule has 516 valence electrons. The number of rotatable bonds is 34. The maximum absolute atomic E-state index is 14.6. The Bertz CT molecular complexity index is 3320. The number of amides is 7. The first kappa shape index (κ1) is 75.0. The number of nitrogens with zero attached hydrogens (tertiary/aromatic N) is 5. The summed E-state index contributed by atoms with van der Waals surface area (Å²) in [5.74, 6) is -6.48. The second kappa shape index (κ2) is 40.3. The SMILES string of the molecule is CCNC(=O)/N=C(/N)NCCC[C@@H](NC(=O)C(c1ccccc1)c1cccc(OCCCCNC(=O)[C@@H](Cc2ccc(-c3ccccc3)cc2)NC(=O)[C@@H](CN)NC(=O)CN2CCN(CC(=O)O)CCN(CC(=O)O)CCN(CC(=O)O)CC2)c1)C(=O)NCc1ccc(O)cc1. The number of ether oxygens (including phenoxy) is 1. The van der Waals surface area contributed by atoms with Crippen molar-refractivity contribution in [2.45, 2.75) is 69.6 Å². The van der Waals surface area contributed by atoms with Crippen molar-refractivity contribution in [2.24, 2.45) is 16.5 Å². The molecule has 1 saturated heterocycles. The van der Waals surface area contributed by atoms with Crippen molar-refractivity contribution in [2.75, 3.05) is 111 Å². The topological polar surface area (TPSA) is 405 Å². The van der Waals surface area contributed by atoms with E-state index in [9.17, 15) is 63.6 Å². The standard InChI is InChI=1S/C68H90N14O14/c1-2-71-68(95)78-67(70)73-29-12-19-55(63(91)74-42-48-22-26-53(83)27-23-48)76-66(94)62(51-15-7-4-8-16-51)52-17-11-18-54(40-52)96-38-10-9-28-72-64(92)56(39-47-20-24-50(25-21-47)49-13-5-3-6-14-49)77-65(93)57(41-69)75-58(84)43-79-30-32-80(44-59(85)86)34-36-82(46-61(89)90)37-35-81(33-31-79)45-60(87)88/h3-8,11,13-18,20-27,40,55-57,62,83H,2,9-10,12,19,28-39,41-46,69H2,1H3,(H,72,92)(H,74,91)(H,75,84)(H,76,94)(H,77,93)(H,85,86)(H,87,88)(H,89,90)(H4,70,71,73,78,95)/t55-,56-,57-,62?/m1/s1. The molecule has 5 aromatic carbocycles. The molecule has 0 saturated carbocycles. The van der Waals surface area contributed by atoms with Crippen LogP contribution in [0.2, 0.25) is 0 Å². The van der Waals surface area contributed by atoms with Gasteiger partial charge in [-0.1, -0.05) is 109 Å². The highest BCUT2D eigenvalue weighted by Crippen LogP contribution is 2.29. The summed E-state index contributed by atoms with van der Waals surface area (Å²) >= 11 is 0. The van der Waals surface area contributed by atoms with Gasteiger partial charge in [-0.3, -0.25) is 58.0 Å². The second-order valence-corrected chi connectivity index (χ2v) is 23.1. The maximum atomic E-state index is 14.6. The summed E-state index contributed by atoms with van der Waals surface area (Å²) in [7, 11) is 0. The number of phenolic OH excluding ortho intramolecular Hbond substituents is 1. The minimum atomic E-state index is -1.29. The molecule has 7 amide bonds. The van der Waals surface area contributed by atoms with E-state index in [1.54, 1.807) is 62.9 Å². The maximum Gasteiger partial charge on any atom is 0.344 e. The summed E-state index contributed by atoms with van der Waals surface area (Å²) in [4.78, 5) is 128. The van der Waals surface area contributed by atoms with Crippen LogP contribution in [0.1, 0.15) is 60.8 Å². The highest BCUT2D eigenvalue weighted by Gasteiger charge is 2.30. The van der Waals surface area contributed by atoms with Crippen LogP contribution in [0.4, 0.5) is 4.79 Å². The van der Waals surface area contributed by atoms with Gasteiger partial charge in [0, 0.05) is 91.5 Å². The van der Waals surface area contributed by atoms with Crippen molar-refractivity contribution >= 4 is 59.4 Å². The van der Waals surface area contributed by atoms with Gasteiger partial charge < -0.3 is 73.8 Å². The summed E-state index contributed by atoms with van der Waals surface area (Å²) in [5.41, 5.74) is 16.6. The smallest absolute Gasteiger partial charge is 0.344 e. The first-order valence-electron chi connectivity index (χ1n) is 32.0. The van der Waals surface area contributed by atoms with Gasteiger partial charge in [0.15, 0.2) is 5.96 Å². The van der Waals surface area contributed by atoms with Gasteiger partial charge in [-0.25, -0.2) is 4.79 Å². The number of urea groups is 1. The number of aliphatic carboxylic acids is 3. The van der Waals surface area contributed by atoms with Crippen molar-refractivity contribution in [1.82, 2.24) is 56.8 Å². The molecule has 0 radical (unpaired) electrons. The molecule has 28 heteroatoms. The normalized spacial score (nSPS) is 15.0. The lowest BCUT2D eigenvalue weighted by atomic mass is 9.90. The lowest BCUT2D eigenvalue weighted by Crippen LogP contribution is -2.57. The van der Waals surface area contributed by atoms with Crippen molar-refractivity contribution in [1.29, 1.82) is 0 Å². The Hall–Kier alpha value is -10.0. The van der Waals surface area contributed by atoms with Gasteiger partial charge >= 0.3 is 23.9 Å². The van der Waals surface area contributed by atoms with Crippen LogP contribution in [0.5, 0.6) is 11.5 Å². The quantitative estimate of drug-likeness (QED) is 0.0157. The molecule has 1 unspecified atom stereocenters. The largest absolute Gasteiger partial charge is 0.508 e. The Morgan fingerprint density at radius 1 is 0.521 bits per heavy atom. The molecule has 28 nitrogen and oxygen atoms in total. The predicted molar refractivity (Wildman–Crippen MR) is 359 cm³/mol. The monoisotopic (exact) mass is 1330 g/mol. The number of aliphatic imine (C=N–C) groups is 1. The number of unbranched alkanes of at least 4 members (excludes halogenated alkanes) is 1. The van der Waals surface area contributed by atoms with Gasteiger partial charge in [0.05, 0.1) is 38.7 Å². The Morgan fingerprint density at radius 2 is 1.04 bits per heavy atom. The number of nitrogens with one attached hydrogen (secondary N) is 7. The van der Waals surface area contributed by atoms with Crippen LogP contribution in [0, 0.1) is 0 Å². The van der Waals surface area contributed by atoms with Gasteiger partial charge in [0.1, 0.15) is 29.6 Å². The lowest BCUT2D eigenvalue weighted by Gasteiger charge is -2.33. The van der Waals surface area contributed by atoms with Crippen LogP contribution >= 0.6 is 0 Å². The number of hydrogen-bond acceptors (Lipinski definition) is 16. The zero-order valence-corrected chi connectivity index (χ0v) is 54.0. The van der Waals surface area contributed by atoms with E-state index in [1.807, 2.05) is 84.9 Å². The van der Waals surface area contributed by atoms with Crippen molar-refractivity contribution in [3.63, 3.8) is 0 Å². The molecule has 1 aliphatic heterocycles. The highest BCUT2D eigenvalue weighted by molar-refractivity contribution is 5.94. The van der Waals surface area contributed by atoms with Crippen LogP contribution in [0.25, 0.3) is 11.1 Å². The minimum Gasteiger partial charge on any atom is -0.508 e. The van der Waals surface area contributed by atoms with Crippen LogP contribution in [0.15, 0.2) is 138 Å². The van der Waals surface area contributed by atoms with Gasteiger partial charge in [-0.2, -0.15) is 4.99 Å². The van der Waals surface area contributed by atoms with E-state index in [0.29, 0.717) is 42.7 Å². The summed E-state index contributed by atoms with van der Waals surface area (Å²) < 4.78 is 6.22. The van der Waals surface area contributed by atoms with Crippen LogP contribution in [-0.2, 0) is 51.3 Å². The second-order valence-electron chi connectivity index (χ2n) is 23.1. The van der Waals surface area contributed by atoms with E-state index < -0.39 is 77.5 Å². The average molecular weight is 1330 g/mol. The van der Waals surface area contributed by atoms with Gasteiger partial charge in [-0.05, 0) is 90.3 Å².